The van der Waals surface area contributed by atoms with Gasteiger partial charge in [0.15, 0.2) is 0 Å². The van der Waals surface area contributed by atoms with E-state index in [2.05, 4.69) is 10.3 Å². The van der Waals surface area contributed by atoms with Crippen molar-refractivity contribution < 1.29 is 10.4 Å². The molecular formula is C18H20N2O2. The molecule has 2 N–H and O–H groups in total. The Morgan fingerprint density at radius 1 is 0.682 bits per heavy atom. The summed E-state index contributed by atoms with van der Waals surface area (Å²) < 4.78 is 0. The SMILES string of the molecule is Cc1ccc(C(=NO)C(=NO)c2ccc(C)cc2C)c(C)c1. The first kappa shape index (κ1) is 15.8. The fourth-order valence-corrected chi connectivity index (χ4v) is 2.62. The van der Waals surface area contributed by atoms with E-state index in [1.165, 1.54) is 0 Å². The number of hydrogen-bond donors (Lipinski definition) is 2. The topological polar surface area (TPSA) is 65.2 Å². The van der Waals surface area contributed by atoms with Crippen molar-refractivity contribution in [2.45, 2.75) is 27.7 Å². The lowest BCUT2D eigenvalue weighted by molar-refractivity contribution is 0.314. The van der Waals surface area contributed by atoms with Crippen molar-refractivity contribution in [2.75, 3.05) is 0 Å². The number of aryl methyl sites for hydroxylation is 4. The molecule has 0 aliphatic heterocycles. The molecule has 22 heavy (non-hydrogen) atoms. The van der Waals surface area contributed by atoms with Crippen LogP contribution in [0.25, 0.3) is 0 Å². The van der Waals surface area contributed by atoms with E-state index in [-0.39, 0.29) is 11.4 Å². The molecule has 0 aromatic heterocycles. The Bertz CT molecular complexity index is 696. The molecule has 2 rings (SSSR count). The lowest BCUT2D eigenvalue weighted by Gasteiger charge is -2.13. The second-order valence-corrected chi connectivity index (χ2v) is 5.53. The Hall–Kier alpha value is -2.62. The van der Waals surface area contributed by atoms with Gasteiger partial charge in [-0.1, -0.05) is 57.8 Å². The van der Waals surface area contributed by atoms with Crippen molar-refractivity contribution in [3.05, 3.63) is 69.8 Å². The van der Waals surface area contributed by atoms with E-state index >= 15 is 0 Å². The van der Waals surface area contributed by atoms with Gasteiger partial charge in [0.1, 0.15) is 11.4 Å². The summed E-state index contributed by atoms with van der Waals surface area (Å²) in [5.41, 5.74) is 6.14. The van der Waals surface area contributed by atoms with Gasteiger partial charge in [0, 0.05) is 11.1 Å². The van der Waals surface area contributed by atoms with Crippen LogP contribution in [0.2, 0.25) is 0 Å². The smallest absolute Gasteiger partial charge is 0.139 e. The van der Waals surface area contributed by atoms with E-state index in [0.717, 1.165) is 33.4 Å². The van der Waals surface area contributed by atoms with Crippen molar-refractivity contribution in [2.24, 2.45) is 10.3 Å². The van der Waals surface area contributed by atoms with E-state index in [4.69, 9.17) is 0 Å². The molecule has 0 aliphatic carbocycles. The quantitative estimate of drug-likeness (QED) is 0.511. The molecule has 0 heterocycles. The number of hydrogen-bond acceptors (Lipinski definition) is 4. The predicted octanol–water partition coefficient (Wildman–Crippen LogP) is 3.98. The minimum Gasteiger partial charge on any atom is -0.410 e. The molecule has 4 nitrogen and oxygen atoms in total. The third-order valence-corrected chi connectivity index (χ3v) is 3.70. The second kappa shape index (κ2) is 6.43. The van der Waals surface area contributed by atoms with Gasteiger partial charge in [0.25, 0.3) is 0 Å². The summed E-state index contributed by atoms with van der Waals surface area (Å²) >= 11 is 0. The van der Waals surface area contributed by atoms with Gasteiger partial charge in [-0.05, 0) is 38.8 Å². The highest BCUT2D eigenvalue weighted by Crippen LogP contribution is 2.18. The summed E-state index contributed by atoms with van der Waals surface area (Å²) in [5, 5.41) is 25.7. The van der Waals surface area contributed by atoms with Gasteiger partial charge in [-0.3, -0.25) is 0 Å². The van der Waals surface area contributed by atoms with Crippen molar-refractivity contribution in [1.29, 1.82) is 0 Å². The molecular weight excluding hydrogens is 276 g/mol. The van der Waals surface area contributed by atoms with E-state index in [1.807, 2.05) is 64.1 Å². The average molecular weight is 296 g/mol. The summed E-state index contributed by atoms with van der Waals surface area (Å²) in [5.74, 6) is 0. The first-order valence-corrected chi connectivity index (χ1v) is 7.07. The number of rotatable bonds is 3. The van der Waals surface area contributed by atoms with Gasteiger partial charge in [0.05, 0.1) is 0 Å². The summed E-state index contributed by atoms with van der Waals surface area (Å²) in [4.78, 5) is 0. The van der Waals surface area contributed by atoms with Crippen LogP contribution < -0.4 is 0 Å². The third-order valence-electron chi connectivity index (χ3n) is 3.70. The maximum atomic E-state index is 9.48. The Morgan fingerprint density at radius 3 is 1.32 bits per heavy atom. The molecule has 0 radical (unpaired) electrons. The molecule has 0 aliphatic rings. The maximum Gasteiger partial charge on any atom is 0.139 e. The summed E-state index contributed by atoms with van der Waals surface area (Å²) in [7, 11) is 0. The number of oxime groups is 2. The van der Waals surface area contributed by atoms with Gasteiger partial charge in [-0.15, -0.1) is 0 Å². The van der Waals surface area contributed by atoms with Crippen LogP contribution in [-0.2, 0) is 0 Å². The minimum atomic E-state index is 0.256. The van der Waals surface area contributed by atoms with Crippen molar-refractivity contribution >= 4 is 11.4 Å². The highest BCUT2D eigenvalue weighted by molar-refractivity contribution is 6.53. The zero-order valence-corrected chi connectivity index (χ0v) is 13.3. The zero-order valence-electron chi connectivity index (χ0n) is 13.3. The fraction of sp³-hybridized carbons (Fsp3) is 0.222. The fourth-order valence-electron chi connectivity index (χ4n) is 2.62. The van der Waals surface area contributed by atoms with Crippen molar-refractivity contribution in [3.8, 4) is 0 Å². The Labute approximate surface area is 130 Å². The Kier molecular flexibility index (Phi) is 4.61. The minimum absolute atomic E-state index is 0.256. The second-order valence-electron chi connectivity index (χ2n) is 5.53. The predicted molar refractivity (Wildman–Crippen MR) is 88.5 cm³/mol. The van der Waals surface area contributed by atoms with Gasteiger partial charge in [-0.25, -0.2) is 0 Å². The largest absolute Gasteiger partial charge is 0.410 e. The first-order valence-electron chi connectivity index (χ1n) is 7.07. The third kappa shape index (κ3) is 3.01. The lowest BCUT2D eigenvalue weighted by Crippen LogP contribution is -2.19. The molecule has 2 aromatic carbocycles. The monoisotopic (exact) mass is 296 g/mol. The molecule has 0 unspecified atom stereocenters. The molecule has 0 spiro atoms. The Balaban J connectivity index is 2.58. The van der Waals surface area contributed by atoms with Gasteiger partial charge >= 0.3 is 0 Å². The van der Waals surface area contributed by atoms with E-state index < -0.39 is 0 Å². The number of nitrogens with zero attached hydrogens (tertiary/aromatic N) is 2. The molecule has 114 valence electrons. The van der Waals surface area contributed by atoms with Crippen LogP contribution >= 0.6 is 0 Å². The summed E-state index contributed by atoms with van der Waals surface area (Å²) in [6.45, 7) is 7.87. The molecule has 0 fully saturated rings. The molecule has 0 amide bonds. The molecule has 0 atom stereocenters. The molecule has 4 heteroatoms. The van der Waals surface area contributed by atoms with Crippen LogP contribution in [0, 0.1) is 27.7 Å². The normalized spacial score (nSPS) is 12.5. The van der Waals surface area contributed by atoms with Gasteiger partial charge in [0.2, 0.25) is 0 Å². The van der Waals surface area contributed by atoms with Crippen LogP contribution in [0.5, 0.6) is 0 Å². The van der Waals surface area contributed by atoms with Crippen molar-refractivity contribution in [1.82, 2.24) is 0 Å². The van der Waals surface area contributed by atoms with E-state index in [0.29, 0.717) is 0 Å². The molecule has 0 saturated carbocycles. The van der Waals surface area contributed by atoms with E-state index in [1.54, 1.807) is 0 Å². The summed E-state index contributed by atoms with van der Waals surface area (Å²) in [6.07, 6.45) is 0. The lowest BCUT2D eigenvalue weighted by atomic mass is 9.93. The summed E-state index contributed by atoms with van der Waals surface area (Å²) in [6, 6.07) is 11.6. The van der Waals surface area contributed by atoms with Crippen LogP contribution in [0.1, 0.15) is 33.4 Å². The highest BCUT2D eigenvalue weighted by atomic mass is 16.4. The number of benzene rings is 2. The standard InChI is InChI=1S/C18H20N2O2/c1-11-5-7-15(13(3)9-11)17(19-21)18(20-22)16-8-6-12(2)10-14(16)4/h5-10,21-22H,1-4H3. The molecule has 0 saturated heterocycles. The van der Waals surface area contributed by atoms with Crippen LogP contribution in [-0.4, -0.2) is 21.8 Å². The highest BCUT2D eigenvalue weighted by Gasteiger charge is 2.19. The van der Waals surface area contributed by atoms with Gasteiger partial charge in [-0.2, -0.15) is 0 Å². The maximum absolute atomic E-state index is 9.48. The van der Waals surface area contributed by atoms with Crippen LogP contribution in [0.15, 0.2) is 46.7 Å². The average Bonchev–Trinajstić information content (AvgIpc) is 2.47. The molecule has 2 aromatic rings. The van der Waals surface area contributed by atoms with Crippen LogP contribution in [0.3, 0.4) is 0 Å². The zero-order chi connectivity index (χ0) is 16.3. The van der Waals surface area contributed by atoms with E-state index in [9.17, 15) is 10.4 Å². The molecule has 0 bridgehead atoms. The Morgan fingerprint density at radius 2 is 1.05 bits per heavy atom. The first-order chi connectivity index (χ1) is 10.5. The van der Waals surface area contributed by atoms with Gasteiger partial charge < -0.3 is 10.4 Å². The van der Waals surface area contributed by atoms with Crippen molar-refractivity contribution in [3.63, 3.8) is 0 Å². The van der Waals surface area contributed by atoms with Crippen LogP contribution in [0.4, 0.5) is 0 Å².